The average Bonchev–Trinajstić information content (AvgIpc) is 3.04. The van der Waals surface area contributed by atoms with Crippen molar-refractivity contribution < 1.29 is 26.7 Å². The lowest BCUT2D eigenvalue weighted by Gasteiger charge is -2.08. The molecule has 2 aromatic carbocycles. The maximum Gasteiger partial charge on any atom is 0.416 e. The fourth-order valence-corrected chi connectivity index (χ4v) is 2.27. The summed E-state index contributed by atoms with van der Waals surface area (Å²) in [6, 6.07) is 10.7. The van der Waals surface area contributed by atoms with Crippen molar-refractivity contribution in [2.24, 2.45) is 0 Å². The topological polar surface area (TPSA) is 27.1 Å². The maximum absolute atomic E-state index is 12.8. The first-order valence-electron chi connectivity index (χ1n) is 7.10. The molecule has 0 amide bonds. The molecule has 25 heavy (non-hydrogen) atoms. The van der Waals surface area contributed by atoms with E-state index in [1.807, 2.05) is 0 Å². The first-order chi connectivity index (χ1) is 11.8. The number of ether oxygens (including phenoxy) is 1. The standard InChI is InChI=1S/C17H11F5N2O/c18-16(19)25-15-6-4-11(5-7-15)12-9-23-24(10-12)14-3-1-2-13(8-14)17(20,21)22/h1-10,16H. The van der Waals surface area contributed by atoms with Crippen LogP contribution in [0.1, 0.15) is 5.56 Å². The van der Waals surface area contributed by atoms with Gasteiger partial charge in [-0.15, -0.1) is 0 Å². The molecule has 0 N–H and O–H groups in total. The van der Waals surface area contributed by atoms with Gasteiger partial charge in [-0.3, -0.25) is 0 Å². The quantitative estimate of drug-likeness (QED) is 0.605. The van der Waals surface area contributed by atoms with Gasteiger partial charge in [0.1, 0.15) is 5.75 Å². The van der Waals surface area contributed by atoms with Crippen molar-refractivity contribution in [2.45, 2.75) is 12.8 Å². The van der Waals surface area contributed by atoms with Crippen molar-refractivity contribution in [1.29, 1.82) is 0 Å². The molecule has 0 atom stereocenters. The highest BCUT2D eigenvalue weighted by Crippen LogP contribution is 2.30. The summed E-state index contributed by atoms with van der Waals surface area (Å²) >= 11 is 0. The van der Waals surface area contributed by atoms with E-state index < -0.39 is 18.4 Å². The predicted octanol–water partition coefficient (Wildman–Crippen LogP) is 5.16. The van der Waals surface area contributed by atoms with Gasteiger partial charge >= 0.3 is 12.8 Å². The minimum Gasteiger partial charge on any atom is -0.435 e. The van der Waals surface area contributed by atoms with Gasteiger partial charge in [0, 0.05) is 11.8 Å². The number of rotatable bonds is 4. The number of hydrogen-bond donors (Lipinski definition) is 0. The van der Waals surface area contributed by atoms with Crippen molar-refractivity contribution in [3.8, 4) is 22.6 Å². The minimum absolute atomic E-state index is 0.0176. The molecular formula is C17H11F5N2O. The fraction of sp³-hybridized carbons (Fsp3) is 0.118. The van der Waals surface area contributed by atoms with Crippen LogP contribution in [0.4, 0.5) is 22.0 Å². The second-order valence-corrected chi connectivity index (χ2v) is 5.12. The first-order valence-corrected chi connectivity index (χ1v) is 7.10. The highest BCUT2D eigenvalue weighted by atomic mass is 19.4. The average molecular weight is 354 g/mol. The Morgan fingerprint density at radius 3 is 2.32 bits per heavy atom. The Morgan fingerprint density at radius 2 is 1.68 bits per heavy atom. The number of alkyl halides is 5. The number of aromatic nitrogens is 2. The Balaban J connectivity index is 1.85. The Bertz CT molecular complexity index is 856. The van der Waals surface area contributed by atoms with Crippen molar-refractivity contribution in [1.82, 2.24) is 9.78 Å². The summed E-state index contributed by atoms with van der Waals surface area (Å²) in [6.45, 7) is -2.91. The molecule has 3 rings (SSSR count). The third-order valence-electron chi connectivity index (χ3n) is 3.43. The van der Waals surface area contributed by atoms with Crippen LogP contribution in [0.25, 0.3) is 16.8 Å². The van der Waals surface area contributed by atoms with Crippen LogP contribution in [0.5, 0.6) is 5.75 Å². The normalized spacial score (nSPS) is 11.8. The van der Waals surface area contributed by atoms with Crippen molar-refractivity contribution >= 4 is 0 Å². The molecule has 8 heteroatoms. The Hall–Kier alpha value is -2.90. The Morgan fingerprint density at radius 1 is 0.960 bits per heavy atom. The summed E-state index contributed by atoms with van der Waals surface area (Å²) in [6.07, 6.45) is -1.41. The molecule has 0 aliphatic carbocycles. The first kappa shape index (κ1) is 16.9. The summed E-state index contributed by atoms with van der Waals surface area (Å²) in [7, 11) is 0. The Kier molecular flexibility index (Phi) is 4.43. The smallest absolute Gasteiger partial charge is 0.416 e. The van der Waals surface area contributed by atoms with Crippen LogP contribution in [0.3, 0.4) is 0 Å². The van der Waals surface area contributed by atoms with Gasteiger partial charge in [0.05, 0.1) is 17.4 Å². The van der Waals surface area contributed by atoms with Gasteiger partial charge in [0.25, 0.3) is 0 Å². The summed E-state index contributed by atoms with van der Waals surface area (Å²) in [5, 5.41) is 4.05. The molecule has 0 fully saturated rings. The second-order valence-electron chi connectivity index (χ2n) is 5.12. The van der Waals surface area contributed by atoms with Gasteiger partial charge in [0.15, 0.2) is 0 Å². The van der Waals surface area contributed by atoms with Crippen molar-refractivity contribution in [2.75, 3.05) is 0 Å². The molecule has 1 heterocycles. The summed E-state index contributed by atoms with van der Waals surface area (Å²) in [5.41, 5.74) is 0.787. The molecule has 1 aromatic heterocycles. The molecule has 0 saturated heterocycles. The van der Waals surface area contributed by atoms with E-state index in [2.05, 4.69) is 9.84 Å². The Labute approximate surface area is 139 Å². The number of halogens is 5. The van der Waals surface area contributed by atoms with E-state index in [1.165, 1.54) is 35.1 Å². The fourth-order valence-electron chi connectivity index (χ4n) is 2.27. The lowest BCUT2D eigenvalue weighted by Crippen LogP contribution is -2.06. The SMILES string of the molecule is FC(F)Oc1ccc(-c2cnn(-c3cccc(C(F)(F)F)c3)c2)cc1. The van der Waals surface area contributed by atoms with E-state index in [0.717, 1.165) is 12.1 Å². The van der Waals surface area contributed by atoms with E-state index in [0.29, 0.717) is 11.1 Å². The predicted molar refractivity (Wildman–Crippen MR) is 80.6 cm³/mol. The van der Waals surface area contributed by atoms with Crippen LogP contribution in [-0.2, 0) is 6.18 Å². The molecular weight excluding hydrogens is 343 g/mol. The lowest BCUT2D eigenvalue weighted by atomic mass is 10.1. The highest BCUT2D eigenvalue weighted by molar-refractivity contribution is 5.63. The van der Waals surface area contributed by atoms with Crippen LogP contribution in [0.15, 0.2) is 60.9 Å². The summed E-state index contributed by atoms with van der Waals surface area (Å²) in [5.74, 6) is 0.0176. The molecule has 0 aliphatic rings. The number of hydrogen-bond acceptors (Lipinski definition) is 2. The van der Waals surface area contributed by atoms with Gasteiger partial charge in [0.2, 0.25) is 0 Å². The van der Waals surface area contributed by atoms with Crippen LogP contribution >= 0.6 is 0 Å². The molecule has 0 saturated carbocycles. The lowest BCUT2D eigenvalue weighted by molar-refractivity contribution is -0.137. The zero-order valence-electron chi connectivity index (χ0n) is 12.5. The third kappa shape index (κ3) is 3.96. The molecule has 130 valence electrons. The molecule has 0 aliphatic heterocycles. The monoisotopic (exact) mass is 354 g/mol. The molecule has 3 aromatic rings. The number of nitrogens with zero attached hydrogens (tertiary/aromatic N) is 2. The van der Waals surface area contributed by atoms with Crippen LogP contribution in [0, 0.1) is 0 Å². The van der Waals surface area contributed by atoms with Gasteiger partial charge < -0.3 is 4.74 Å². The van der Waals surface area contributed by atoms with Crippen LogP contribution in [0.2, 0.25) is 0 Å². The maximum atomic E-state index is 12.8. The number of benzene rings is 2. The van der Waals surface area contributed by atoms with Crippen LogP contribution < -0.4 is 4.74 Å². The van der Waals surface area contributed by atoms with E-state index in [4.69, 9.17) is 0 Å². The minimum atomic E-state index is -4.44. The van der Waals surface area contributed by atoms with Gasteiger partial charge in [-0.2, -0.15) is 27.1 Å². The molecule has 0 spiro atoms. The van der Waals surface area contributed by atoms with E-state index in [-0.39, 0.29) is 11.4 Å². The molecule has 0 unspecified atom stereocenters. The zero-order chi connectivity index (χ0) is 18.0. The van der Waals surface area contributed by atoms with Gasteiger partial charge in [-0.1, -0.05) is 18.2 Å². The zero-order valence-corrected chi connectivity index (χ0v) is 12.5. The van der Waals surface area contributed by atoms with Crippen molar-refractivity contribution in [3.63, 3.8) is 0 Å². The summed E-state index contributed by atoms with van der Waals surface area (Å²) < 4.78 is 68.2. The third-order valence-corrected chi connectivity index (χ3v) is 3.43. The van der Waals surface area contributed by atoms with Gasteiger partial charge in [-0.25, -0.2) is 4.68 Å². The van der Waals surface area contributed by atoms with E-state index >= 15 is 0 Å². The second kappa shape index (κ2) is 6.54. The summed E-state index contributed by atoms with van der Waals surface area (Å²) in [4.78, 5) is 0. The van der Waals surface area contributed by atoms with Gasteiger partial charge in [-0.05, 0) is 35.9 Å². The van der Waals surface area contributed by atoms with Crippen LogP contribution in [-0.4, -0.2) is 16.4 Å². The molecule has 0 radical (unpaired) electrons. The molecule has 3 nitrogen and oxygen atoms in total. The largest absolute Gasteiger partial charge is 0.435 e. The highest BCUT2D eigenvalue weighted by Gasteiger charge is 2.30. The van der Waals surface area contributed by atoms with E-state index in [9.17, 15) is 22.0 Å². The molecule has 0 bridgehead atoms. The van der Waals surface area contributed by atoms with Crippen molar-refractivity contribution in [3.05, 3.63) is 66.5 Å². The van der Waals surface area contributed by atoms with E-state index in [1.54, 1.807) is 18.3 Å².